The molecule has 0 atom stereocenters. The third kappa shape index (κ3) is 4.33. The van der Waals surface area contributed by atoms with Crippen LogP contribution in [-0.2, 0) is 4.79 Å². The Hall–Kier alpha value is -2.33. The van der Waals surface area contributed by atoms with Gasteiger partial charge < -0.3 is 4.74 Å². The lowest BCUT2D eigenvalue weighted by atomic mass is 10.2. The molecule has 0 amide bonds. The quantitative estimate of drug-likeness (QED) is 0.370. The lowest BCUT2D eigenvalue weighted by molar-refractivity contribution is -0.128. The van der Waals surface area contributed by atoms with Crippen molar-refractivity contribution < 1.29 is 14.3 Å². The van der Waals surface area contributed by atoms with E-state index in [1.165, 1.54) is 11.8 Å². The zero-order valence-electron chi connectivity index (χ0n) is 11.5. The Morgan fingerprint density at radius 3 is 2.24 bits per heavy atom. The molecule has 3 nitrogen and oxygen atoms in total. The van der Waals surface area contributed by atoms with E-state index < -0.39 is 5.97 Å². The van der Waals surface area contributed by atoms with Crippen LogP contribution in [0.15, 0.2) is 66.1 Å². The summed E-state index contributed by atoms with van der Waals surface area (Å²) in [5, 5.41) is -0.0551. The molecule has 0 saturated heterocycles. The van der Waals surface area contributed by atoms with E-state index in [1.807, 2.05) is 31.2 Å². The summed E-state index contributed by atoms with van der Waals surface area (Å²) in [6, 6.07) is 14.2. The normalized spacial score (nSPS) is 9.95. The summed E-state index contributed by atoms with van der Waals surface area (Å²) >= 11 is 1.17. The largest absolute Gasteiger partial charge is 0.423 e. The van der Waals surface area contributed by atoms with E-state index in [1.54, 1.807) is 24.3 Å². The molecule has 0 bridgehead atoms. The van der Waals surface area contributed by atoms with Crippen LogP contribution in [0.5, 0.6) is 5.75 Å². The van der Waals surface area contributed by atoms with Gasteiger partial charge in [-0.25, -0.2) is 4.79 Å². The predicted molar refractivity (Wildman–Crippen MR) is 83.6 cm³/mol. The molecule has 21 heavy (non-hydrogen) atoms. The van der Waals surface area contributed by atoms with Gasteiger partial charge in [0.2, 0.25) is 5.12 Å². The highest BCUT2D eigenvalue weighted by Crippen LogP contribution is 2.24. The van der Waals surface area contributed by atoms with Crippen molar-refractivity contribution in [2.24, 2.45) is 0 Å². The third-order valence-electron chi connectivity index (χ3n) is 2.71. The Balaban J connectivity index is 2.04. The Labute approximate surface area is 127 Å². The summed E-state index contributed by atoms with van der Waals surface area (Å²) < 4.78 is 4.95. The van der Waals surface area contributed by atoms with E-state index in [-0.39, 0.29) is 5.12 Å². The van der Waals surface area contributed by atoms with Crippen molar-refractivity contribution in [2.45, 2.75) is 11.8 Å². The molecule has 0 N–H and O–H groups in total. The summed E-state index contributed by atoms with van der Waals surface area (Å²) in [7, 11) is 0. The van der Waals surface area contributed by atoms with Crippen LogP contribution < -0.4 is 4.74 Å². The molecule has 2 rings (SSSR count). The first-order valence-corrected chi connectivity index (χ1v) is 7.13. The minimum atomic E-state index is -0.525. The average molecular weight is 298 g/mol. The zero-order valence-corrected chi connectivity index (χ0v) is 12.4. The minimum Gasteiger partial charge on any atom is -0.423 e. The lowest BCUT2D eigenvalue weighted by Crippen LogP contribution is -2.03. The first-order chi connectivity index (χ1) is 10.1. The van der Waals surface area contributed by atoms with Crippen molar-refractivity contribution in [3.05, 3.63) is 72.3 Å². The molecule has 0 aliphatic heterocycles. The summed E-state index contributed by atoms with van der Waals surface area (Å²) in [6.45, 7) is 5.32. The molecule has 2 aromatic carbocycles. The van der Waals surface area contributed by atoms with Crippen LogP contribution in [0.25, 0.3) is 0 Å². The maximum Gasteiger partial charge on any atom is 0.335 e. The van der Waals surface area contributed by atoms with E-state index in [2.05, 4.69) is 6.58 Å². The smallest absolute Gasteiger partial charge is 0.335 e. The molecule has 0 aromatic heterocycles. The molecule has 0 fully saturated rings. The highest BCUT2D eigenvalue weighted by molar-refractivity contribution is 8.14. The maximum atomic E-state index is 12.1. The fourth-order valence-corrected chi connectivity index (χ4v) is 2.33. The molecule has 0 aliphatic carbocycles. The van der Waals surface area contributed by atoms with E-state index >= 15 is 0 Å². The van der Waals surface area contributed by atoms with Gasteiger partial charge in [0.15, 0.2) is 0 Å². The molecular formula is C17H14O3S. The second-order valence-corrected chi connectivity index (χ2v) is 5.40. The molecule has 0 spiro atoms. The van der Waals surface area contributed by atoms with Gasteiger partial charge in [-0.05, 0) is 55.1 Å². The van der Waals surface area contributed by atoms with Crippen molar-refractivity contribution in [1.29, 1.82) is 0 Å². The van der Waals surface area contributed by atoms with Gasteiger partial charge in [-0.3, -0.25) is 4.79 Å². The van der Waals surface area contributed by atoms with E-state index in [0.717, 1.165) is 16.5 Å². The second kappa shape index (κ2) is 6.90. The summed E-state index contributed by atoms with van der Waals surface area (Å²) in [4.78, 5) is 24.1. The number of hydrogen-bond acceptors (Lipinski definition) is 4. The van der Waals surface area contributed by atoms with Gasteiger partial charge in [-0.15, -0.1) is 0 Å². The zero-order chi connectivity index (χ0) is 15.2. The number of esters is 1. The molecule has 0 heterocycles. The third-order valence-corrected chi connectivity index (χ3v) is 3.64. The Morgan fingerprint density at radius 2 is 1.67 bits per heavy atom. The SMILES string of the molecule is C=CC(=O)Oc1ccc(C(=O)Sc2ccc(C)cc2)cc1. The first-order valence-electron chi connectivity index (χ1n) is 6.31. The number of hydrogen-bond donors (Lipinski definition) is 0. The van der Waals surface area contributed by atoms with Gasteiger partial charge in [0.25, 0.3) is 0 Å². The summed E-state index contributed by atoms with van der Waals surface area (Å²) in [5.41, 5.74) is 1.71. The van der Waals surface area contributed by atoms with Crippen LogP contribution >= 0.6 is 11.8 Å². The molecule has 0 radical (unpaired) electrons. The fraction of sp³-hybridized carbons (Fsp3) is 0.0588. The minimum absolute atomic E-state index is 0.0551. The highest BCUT2D eigenvalue weighted by atomic mass is 32.2. The molecule has 2 aromatic rings. The lowest BCUT2D eigenvalue weighted by Gasteiger charge is -2.04. The molecule has 4 heteroatoms. The van der Waals surface area contributed by atoms with Crippen molar-refractivity contribution in [3.8, 4) is 5.75 Å². The van der Waals surface area contributed by atoms with Crippen LogP contribution in [0.3, 0.4) is 0 Å². The fourth-order valence-electron chi connectivity index (χ4n) is 1.59. The van der Waals surface area contributed by atoms with Crippen LogP contribution in [0.1, 0.15) is 15.9 Å². The number of aryl methyl sites for hydroxylation is 1. The standard InChI is InChI=1S/C17H14O3S/c1-3-16(18)20-14-8-6-13(7-9-14)17(19)21-15-10-4-12(2)5-11-15/h3-11H,1H2,2H3. The van der Waals surface area contributed by atoms with E-state index in [4.69, 9.17) is 4.74 Å². The van der Waals surface area contributed by atoms with Gasteiger partial charge in [-0.1, -0.05) is 24.3 Å². The van der Waals surface area contributed by atoms with Gasteiger partial charge >= 0.3 is 5.97 Å². The van der Waals surface area contributed by atoms with Crippen LogP contribution in [0.2, 0.25) is 0 Å². The van der Waals surface area contributed by atoms with Gasteiger partial charge in [-0.2, -0.15) is 0 Å². The van der Waals surface area contributed by atoms with Gasteiger partial charge in [0, 0.05) is 16.5 Å². The van der Waals surface area contributed by atoms with E-state index in [9.17, 15) is 9.59 Å². The average Bonchev–Trinajstić information content (AvgIpc) is 2.50. The highest BCUT2D eigenvalue weighted by Gasteiger charge is 2.09. The van der Waals surface area contributed by atoms with Crippen molar-refractivity contribution in [1.82, 2.24) is 0 Å². The Kier molecular flexibility index (Phi) is 4.95. The number of carbonyl (C=O) groups excluding carboxylic acids is 2. The van der Waals surface area contributed by atoms with Crippen LogP contribution in [0, 0.1) is 6.92 Å². The number of benzene rings is 2. The molecule has 0 unspecified atom stereocenters. The van der Waals surface area contributed by atoms with Gasteiger partial charge in [0.05, 0.1) is 0 Å². The number of carbonyl (C=O) groups is 2. The van der Waals surface area contributed by atoms with Crippen LogP contribution in [0.4, 0.5) is 0 Å². The van der Waals surface area contributed by atoms with Crippen molar-refractivity contribution in [2.75, 3.05) is 0 Å². The van der Waals surface area contributed by atoms with E-state index in [0.29, 0.717) is 11.3 Å². The predicted octanol–water partition coefficient (Wildman–Crippen LogP) is 4.02. The topological polar surface area (TPSA) is 43.4 Å². The number of ether oxygens (including phenoxy) is 1. The summed E-state index contributed by atoms with van der Waals surface area (Å²) in [6.07, 6.45) is 1.09. The summed E-state index contributed by atoms with van der Waals surface area (Å²) in [5.74, 6) is -0.139. The van der Waals surface area contributed by atoms with Crippen molar-refractivity contribution in [3.63, 3.8) is 0 Å². The number of rotatable bonds is 4. The second-order valence-electron chi connectivity index (χ2n) is 4.35. The molecular weight excluding hydrogens is 284 g/mol. The first kappa shape index (κ1) is 15.1. The maximum absolute atomic E-state index is 12.1. The Bertz CT molecular complexity index is 657. The van der Waals surface area contributed by atoms with Crippen molar-refractivity contribution >= 4 is 22.8 Å². The molecule has 0 aliphatic rings. The van der Waals surface area contributed by atoms with Crippen LogP contribution in [-0.4, -0.2) is 11.1 Å². The number of thioether (sulfide) groups is 1. The molecule has 0 saturated carbocycles. The molecule has 106 valence electrons. The van der Waals surface area contributed by atoms with Gasteiger partial charge in [0.1, 0.15) is 5.75 Å². The monoisotopic (exact) mass is 298 g/mol. The Morgan fingerprint density at radius 1 is 1.05 bits per heavy atom.